The van der Waals surface area contributed by atoms with Gasteiger partial charge in [0.25, 0.3) is 5.91 Å². The Hall–Kier alpha value is -1.30. The largest absolute Gasteiger partial charge is 0.385 e. The standard InChI is InChI=1S/C14H24N4OS/c1-9(2)12-16-7-10(15-5)11(18-12)13(19)17-8-14(3,4)20-6/h7,9,15H,8H2,1-6H3,(H,17,19). The van der Waals surface area contributed by atoms with Crippen LogP contribution < -0.4 is 10.6 Å². The summed E-state index contributed by atoms with van der Waals surface area (Å²) in [4.78, 5) is 20.9. The van der Waals surface area contributed by atoms with Crippen molar-refractivity contribution in [2.75, 3.05) is 25.2 Å². The summed E-state index contributed by atoms with van der Waals surface area (Å²) in [6.07, 6.45) is 3.70. The maximum Gasteiger partial charge on any atom is 0.272 e. The lowest BCUT2D eigenvalue weighted by atomic mass is 10.2. The Morgan fingerprint density at radius 2 is 2.10 bits per heavy atom. The fourth-order valence-corrected chi connectivity index (χ4v) is 1.70. The second-order valence-corrected chi connectivity index (χ2v) is 7.06. The van der Waals surface area contributed by atoms with Crippen LogP contribution in [0.3, 0.4) is 0 Å². The first-order valence-corrected chi connectivity index (χ1v) is 7.91. The smallest absolute Gasteiger partial charge is 0.272 e. The van der Waals surface area contributed by atoms with E-state index in [1.54, 1.807) is 25.0 Å². The summed E-state index contributed by atoms with van der Waals surface area (Å²) in [5.41, 5.74) is 1.05. The number of hydrogen-bond acceptors (Lipinski definition) is 5. The van der Waals surface area contributed by atoms with Gasteiger partial charge in [-0.3, -0.25) is 4.79 Å². The van der Waals surface area contributed by atoms with Crippen molar-refractivity contribution < 1.29 is 4.79 Å². The third-order valence-electron chi connectivity index (χ3n) is 3.04. The quantitative estimate of drug-likeness (QED) is 0.844. The number of nitrogens with zero attached hydrogens (tertiary/aromatic N) is 2. The van der Waals surface area contributed by atoms with Crippen LogP contribution in [0.4, 0.5) is 5.69 Å². The van der Waals surface area contributed by atoms with E-state index in [2.05, 4.69) is 34.4 Å². The highest BCUT2D eigenvalue weighted by atomic mass is 32.2. The number of carbonyl (C=O) groups excluding carboxylic acids is 1. The van der Waals surface area contributed by atoms with E-state index in [0.29, 0.717) is 23.8 Å². The highest BCUT2D eigenvalue weighted by Crippen LogP contribution is 2.20. The predicted molar refractivity (Wildman–Crippen MR) is 85.6 cm³/mol. The van der Waals surface area contributed by atoms with E-state index < -0.39 is 0 Å². The van der Waals surface area contributed by atoms with Crippen LogP contribution in [0.25, 0.3) is 0 Å². The van der Waals surface area contributed by atoms with E-state index in [-0.39, 0.29) is 16.6 Å². The van der Waals surface area contributed by atoms with Crippen LogP contribution in [-0.2, 0) is 0 Å². The zero-order valence-electron chi connectivity index (χ0n) is 13.1. The molecule has 0 spiro atoms. The van der Waals surface area contributed by atoms with Crippen molar-refractivity contribution in [1.82, 2.24) is 15.3 Å². The molecule has 0 aliphatic carbocycles. The number of carbonyl (C=O) groups is 1. The van der Waals surface area contributed by atoms with E-state index in [9.17, 15) is 4.79 Å². The first-order valence-electron chi connectivity index (χ1n) is 6.68. The number of anilines is 1. The van der Waals surface area contributed by atoms with Gasteiger partial charge < -0.3 is 10.6 Å². The lowest BCUT2D eigenvalue weighted by Gasteiger charge is -2.22. The van der Waals surface area contributed by atoms with Gasteiger partial charge in [0.1, 0.15) is 5.82 Å². The monoisotopic (exact) mass is 296 g/mol. The van der Waals surface area contributed by atoms with Gasteiger partial charge in [0.05, 0.1) is 11.9 Å². The zero-order valence-corrected chi connectivity index (χ0v) is 13.9. The van der Waals surface area contributed by atoms with Crippen LogP contribution in [0.15, 0.2) is 6.20 Å². The van der Waals surface area contributed by atoms with Crippen molar-refractivity contribution in [1.29, 1.82) is 0 Å². The Balaban J connectivity index is 2.93. The van der Waals surface area contributed by atoms with Gasteiger partial charge >= 0.3 is 0 Å². The molecule has 2 N–H and O–H groups in total. The number of rotatable bonds is 6. The van der Waals surface area contributed by atoms with Crippen LogP contribution >= 0.6 is 11.8 Å². The molecule has 20 heavy (non-hydrogen) atoms. The molecule has 0 saturated heterocycles. The van der Waals surface area contributed by atoms with Crippen molar-refractivity contribution >= 4 is 23.4 Å². The fraction of sp³-hybridized carbons (Fsp3) is 0.643. The number of amides is 1. The second kappa shape index (κ2) is 6.92. The minimum absolute atomic E-state index is 0.00335. The summed E-state index contributed by atoms with van der Waals surface area (Å²) in [5, 5.41) is 5.90. The molecule has 0 aliphatic rings. The third-order valence-corrected chi connectivity index (χ3v) is 4.28. The SMILES string of the molecule is CNc1cnc(C(C)C)nc1C(=O)NCC(C)(C)SC. The maximum atomic E-state index is 12.3. The predicted octanol–water partition coefficient (Wildman–Crippen LogP) is 2.51. The summed E-state index contributed by atoms with van der Waals surface area (Å²) < 4.78 is 0.00335. The van der Waals surface area contributed by atoms with Gasteiger partial charge in [0.15, 0.2) is 5.69 Å². The molecule has 0 aromatic carbocycles. The van der Waals surface area contributed by atoms with E-state index in [1.807, 2.05) is 20.1 Å². The molecule has 112 valence electrons. The minimum atomic E-state index is -0.166. The van der Waals surface area contributed by atoms with Gasteiger partial charge in [-0.15, -0.1) is 0 Å². The van der Waals surface area contributed by atoms with Crippen LogP contribution in [0.1, 0.15) is 49.9 Å². The Labute approximate surface area is 125 Å². The molecular weight excluding hydrogens is 272 g/mol. The maximum absolute atomic E-state index is 12.3. The first kappa shape index (κ1) is 16.8. The van der Waals surface area contributed by atoms with Gasteiger partial charge in [-0.05, 0) is 20.1 Å². The average Bonchev–Trinajstić information content (AvgIpc) is 2.44. The van der Waals surface area contributed by atoms with E-state index in [1.165, 1.54) is 0 Å². The molecule has 1 rings (SSSR count). The number of thioether (sulfide) groups is 1. The molecule has 0 radical (unpaired) electrons. The van der Waals surface area contributed by atoms with Gasteiger partial charge in [0.2, 0.25) is 0 Å². The highest BCUT2D eigenvalue weighted by molar-refractivity contribution is 7.99. The molecule has 0 fully saturated rings. The topological polar surface area (TPSA) is 66.9 Å². The second-order valence-electron chi connectivity index (χ2n) is 5.54. The van der Waals surface area contributed by atoms with Crippen molar-refractivity contribution in [2.24, 2.45) is 0 Å². The van der Waals surface area contributed by atoms with E-state index >= 15 is 0 Å². The normalized spacial score (nSPS) is 11.6. The summed E-state index contributed by atoms with van der Waals surface area (Å²) in [7, 11) is 1.76. The van der Waals surface area contributed by atoms with Crippen molar-refractivity contribution in [2.45, 2.75) is 38.4 Å². The van der Waals surface area contributed by atoms with Gasteiger partial charge in [0, 0.05) is 24.3 Å². The molecule has 0 bridgehead atoms. The van der Waals surface area contributed by atoms with Crippen LogP contribution in [0.5, 0.6) is 0 Å². The zero-order chi connectivity index (χ0) is 15.3. The van der Waals surface area contributed by atoms with Crippen molar-refractivity contribution in [3.63, 3.8) is 0 Å². The van der Waals surface area contributed by atoms with Gasteiger partial charge in [-0.2, -0.15) is 11.8 Å². The molecule has 0 saturated carbocycles. The van der Waals surface area contributed by atoms with Crippen LogP contribution in [-0.4, -0.2) is 40.5 Å². The van der Waals surface area contributed by atoms with Gasteiger partial charge in [-0.25, -0.2) is 9.97 Å². The third kappa shape index (κ3) is 4.37. The molecule has 1 heterocycles. The number of nitrogens with one attached hydrogen (secondary N) is 2. The van der Waals surface area contributed by atoms with Crippen LogP contribution in [0.2, 0.25) is 0 Å². The summed E-state index contributed by atoms with van der Waals surface area (Å²) in [5.74, 6) is 0.703. The molecule has 1 aromatic heterocycles. The lowest BCUT2D eigenvalue weighted by Crippen LogP contribution is -2.36. The molecule has 0 unspecified atom stereocenters. The van der Waals surface area contributed by atoms with E-state index in [4.69, 9.17) is 0 Å². The average molecular weight is 296 g/mol. The van der Waals surface area contributed by atoms with E-state index in [0.717, 1.165) is 0 Å². The molecule has 1 amide bonds. The minimum Gasteiger partial charge on any atom is -0.385 e. The summed E-state index contributed by atoms with van der Waals surface area (Å²) in [6, 6.07) is 0. The molecular formula is C14H24N4OS. The molecule has 6 heteroatoms. The van der Waals surface area contributed by atoms with Crippen LogP contribution in [0, 0.1) is 0 Å². The summed E-state index contributed by atoms with van der Waals surface area (Å²) in [6.45, 7) is 8.80. The summed E-state index contributed by atoms with van der Waals surface area (Å²) >= 11 is 1.72. The first-order chi connectivity index (χ1) is 9.30. The molecule has 5 nitrogen and oxygen atoms in total. The Morgan fingerprint density at radius 1 is 1.45 bits per heavy atom. The number of aromatic nitrogens is 2. The van der Waals surface area contributed by atoms with Crippen molar-refractivity contribution in [3.8, 4) is 0 Å². The highest BCUT2D eigenvalue weighted by Gasteiger charge is 2.20. The number of hydrogen-bond donors (Lipinski definition) is 2. The van der Waals surface area contributed by atoms with Crippen molar-refractivity contribution in [3.05, 3.63) is 17.7 Å². The Kier molecular flexibility index (Phi) is 5.80. The van der Waals surface area contributed by atoms with Gasteiger partial charge in [-0.1, -0.05) is 13.8 Å². The lowest BCUT2D eigenvalue weighted by molar-refractivity contribution is 0.0946. The fourth-order valence-electron chi connectivity index (χ4n) is 1.48. The Morgan fingerprint density at radius 3 is 2.60 bits per heavy atom. The molecule has 0 aliphatic heterocycles. The molecule has 1 aromatic rings. The molecule has 0 atom stereocenters. The Bertz CT molecular complexity index is 474.